The summed E-state index contributed by atoms with van der Waals surface area (Å²) in [4.78, 5) is 17.2. The zero-order valence-electron chi connectivity index (χ0n) is 12.3. The molecule has 5 nitrogen and oxygen atoms in total. The summed E-state index contributed by atoms with van der Waals surface area (Å²) in [6.45, 7) is 5.78. The average Bonchev–Trinajstić information content (AvgIpc) is 3.09. The van der Waals surface area contributed by atoms with Crippen molar-refractivity contribution >= 4 is 17.2 Å². The fraction of sp³-hybridized carbons (Fsp3) is 0.467. The number of hydrogen-bond donors (Lipinski definition) is 1. The standard InChI is InChI=1S/C15H20N2O3S/c1-3-19-8-5-7-16-14(18)10-12-11(2)20-15(17-12)13-6-4-9-21-13/h4,6,9H,3,5,7-8,10H2,1-2H3,(H,16,18). The van der Waals surface area contributed by atoms with E-state index < -0.39 is 0 Å². The number of thiophene rings is 1. The van der Waals surface area contributed by atoms with Crippen LogP contribution in [0.4, 0.5) is 0 Å². The number of nitrogens with zero attached hydrogens (tertiary/aromatic N) is 1. The van der Waals surface area contributed by atoms with Crippen LogP contribution in [0, 0.1) is 6.92 Å². The number of carbonyl (C=O) groups is 1. The van der Waals surface area contributed by atoms with E-state index in [1.807, 2.05) is 31.4 Å². The highest BCUT2D eigenvalue weighted by Gasteiger charge is 2.14. The van der Waals surface area contributed by atoms with Crippen molar-refractivity contribution in [2.24, 2.45) is 0 Å². The number of hydrogen-bond acceptors (Lipinski definition) is 5. The molecule has 114 valence electrons. The first kappa shape index (κ1) is 15.7. The largest absolute Gasteiger partial charge is 0.440 e. The number of nitrogens with one attached hydrogen (secondary N) is 1. The molecule has 0 radical (unpaired) electrons. The van der Waals surface area contributed by atoms with Gasteiger partial charge in [-0.25, -0.2) is 4.98 Å². The SMILES string of the molecule is CCOCCCNC(=O)Cc1nc(-c2cccs2)oc1C. The van der Waals surface area contributed by atoms with Gasteiger partial charge >= 0.3 is 0 Å². The molecular weight excluding hydrogens is 288 g/mol. The maximum absolute atomic E-state index is 11.9. The number of rotatable bonds is 8. The van der Waals surface area contributed by atoms with Crippen LogP contribution in [-0.2, 0) is 16.0 Å². The van der Waals surface area contributed by atoms with E-state index in [4.69, 9.17) is 9.15 Å². The molecule has 21 heavy (non-hydrogen) atoms. The Labute approximate surface area is 128 Å². The maximum Gasteiger partial charge on any atom is 0.236 e. The number of aryl methyl sites for hydroxylation is 1. The molecule has 0 spiro atoms. The second-order valence-electron chi connectivity index (χ2n) is 4.58. The lowest BCUT2D eigenvalue weighted by Gasteiger charge is -2.04. The van der Waals surface area contributed by atoms with Crippen LogP contribution in [0.2, 0.25) is 0 Å². The zero-order chi connectivity index (χ0) is 15.1. The molecule has 1 N–H and O–H groups in total. The predicted octanol–water partition coefficient (Wildman–Crippen LogP) is 2.80. The molecule has 0 saturated heterocycles. The van der Waals surface area contributed by atoms with E-state index in [1.165, 1.54) is 0 Å². The third kappa shape index (κ3) is 4.68. The topological polar surface area (TPSA) is 64.4 Å². The molecule has 2 heterocycles. The van der Waals surface area contributed by atoms with Gasteiger partial charge in [0.2, 0.25) is 11.8 Å². The van der Waals surface area contributed by atoms with Gasteiger partial charge in [-0.15, -0.1) is 11.3 Å². The van der Waals surface area contributed by atoms with Gasteiger partial charge < -0.3 is 14.5 Å². The molecule has 2 rings (SSSR count). The predicted molar refractivity (Wildman–Crippen MR) is 82.4 cm³/mol. The minimum atomic E-state index is -0.0411. The van der Waals surface area contributed by atoms with Crippen LogP contribution in [0.3, 0.4) is 0 Å². The first-order valence-corrected chi connectivity index (χ1v) is 7.93. The Morgan fingerprint density at radius 2 is 2.38 bits per heavy atom. The average molecular weight is 308 g/mol. The second-order valence-corrected chi connectivity index (χ2v) is 5.52. The van der Waals surface area contributed by atoms with Gasteiger partial charge in [-0.05, 0) is 31.7 Å². The normalized spacial score (nSPS) is 10.8. The van der Waals surface area contributed by atoms with Gasteiger partial charge in [-0.2, -0.15) is 0 Å². The van der Waals surface area contributed by atoms with Crippen molar-refractivity contribution in [1.29, 1.82) is 0 Å². The molecule has 0 aliphatic carbocycles. The highest BCUT2D eigenvalue weighted by molar-refractivity contribution is 7.13. The summed E-state index contributed by atoms with van der Waals surface area (Å²) in [6, 6.07) is 3.90. The summed E-state index contributed by atoms with van der Waals surface area (Å²) in [6.07, 6.45) is 1.06. The van der Waals surface area contributed by atoms with E-state index in [9.17, 15) is 4.79 Å². The summed E-state index contributed by atoms with van der Waals surface area (Å²) < 4.78 is 10.8. The summed E-state index contributed by atoms with van der Waals surface area (Å²) in [7, 11) is 0. The molecule has 2 aromatic rings. The minimum absolute atomic E-state index is 0.0411. The summed E-state index contributed by atoms with van der Waals surface area (Å²) in [5.74, 6) is 1.24. The smallest absolute Gasteiger partial charge is 0.236 e. The van der Waals surface area contributed by atoms with Crippen molar-refractivity contribution in [3.05, 3.63) is 29.0 Å². The Morgan fingerprint density at radius 3 is 3.10 bits per heavy atom. The quantitative estimate of drug-likeness (QED) is 0.762. The van der Waals surface area contributed by atoms with Gasteiger partial charge in [0.05, 0.1) is 17.0 Å². The van der Waals surface area contributed by atoms with Crippen LogP contribution in [0.25, 0.3) is 10.8 Å². The second kappa shape index (κ2) is 7.95. The summed E-state index contributed by atoms with van der Waals surface area (Å²) >= 11 is 1.57. The van der Waals surface area contributed by atoms with E-state index >= 15 is 0 Å². The number of amides is 1. The fourth-order valence-corrected chi connectivity index (χ4v) is 2.51. The van der Waals surface area contributed by atoms with Crippen molar-refractivity contribution in [3.8, 4) is 10.8 Å². The minimum Gasteiger partial charge on any atom is -0.440 e. The Bertz CT molecular complexity index is 563. The van der Waals surface area contributed by atoms with Crippen molar-refractivity contribution in [1.82, 2.24) is 10.3 Å². The molecule has 6 heteroatoms. The van der Waals surface area contributed by atoms with Gasteiger partial charge in [-0.1, -0.05) is 6.07 Å². The van der Waals surface area contributed by atoms with E-state index in [-0.39, 0.29) is 12.3 Å². The van der Waals surface area contributed by atoms with Crippen molar-refractivity contribution in [2.75, 3.05) is 19.8 Å². The van der Waals surface area contributed by atoms with Gasteiger partial charge in [0, 0.05) is 19.8 Å². The Kier molecular flexibility index (Phi) is 5.95. The van der Waals surface area contributed by atoms with E-state index in [0.717, 1.165) is 11.3 Å². The number of carbonyl (C=O) groups excluding carboxylic acids is 1. The Balaban J connectivity index is 1.84. The van der Waals surface area contributed by atoms with Crippen molar-refractivity contribution < 1.29 is 13.9 Å². The van der Waals surface area contributed by atoms with Crippen molar-refractivity contribution in [3.63, 3.8) is 0 Å². The monoisotopic (exact) mass is 308 g/mol. The van der Waals surface area contributed by atoms with Crippen LogP contribution in [0.5, 0.6) is 0 Å². The first-order chi connectivity index (χ1) is 10.2. The van der Waals surface area contributed by atoms with Crippen LogP contribution < -0.4 is 5.32 Å². The van der Waals surface area contributed by atoms with Crippen LogP contribution >= 0.6 is 11.3 Å². The molecular formula is C15H20N2O3S. The third-order valence-corrected chi connectivity index (χ3v) is 3.80. The summed E-state index contributed by atoms with van der Waals surface area (Å²) in [5.41, 5.74) is 0.695. The van der Waals surface area contributed by atoms with E-state index in [1.54, 1.807) is 11.3 Å². The molecule has 1 amide bonds. The lowest BCUT2D eigenvalue weighted by Crippen LogP contribution is -2.27. The van der Waals surface area contributed by atoms with Gasteiger partial charge in [0.25, 0.3) is 0 Å². The molecule has 0 atom stereocenters. The van der Waals surface area contributed by atoms with E-state index in [0.29, 0.717) is 37.1 Å². The van der Waals surface area contributed by atoms with Crippen molar-refractivity contribution in [2.45, 2.75) is 26.7 Å². The number of ether oxygens (including phenoxy) is 1. The first-order valence-electron chi connectivity index (χ1n) is 7.05. The third-order valence-electron chi connectivity index (χ3n) is 2.94. The molecule has 0 bridgehead atoms. The molecule has 0 unspecified atom stereocenters. The molecule has 2 aromatic heterocycles. The molecule has 0 fully saturated rings. The lowest BCUT2D eigenvalue weighted by atomic mass is 10.2. The Hall–Kier alpha value is -1.66. The van der Waals surface area contributed by atoms with Crippen LogP contribution in [-0.4, -0.2) is 30.6 Å². The van der Waals surface area contributed by atoms with Crippen LogP contribution in [0.1, 0.15) is 24.8 Å². The molecule has 0 aliphatic heterocycles. The van der Waals surface area contributed by atoms with Gasteiger partial charge in [-0.3, -0.25) is 4.79 Å². The Morgan fingerprint density at radius 1 is 1.52 bits per heavy atom. The highest BCUT2D eigenvalue weighted by Crippen LogP contribution is 2.25. The zero-order valence-corrected chi connectivity index (χ0v) is 13.2. The lowest BCUT2D eigenvalue weighted by molar-refractivity contribution is -0.120. The molecule has 0 aliphatic rings. The maximum atomic E-state index is 11.9. The number of oxazole rings is 1. The van der Waals surface area contributed by atoms with E-state index in [2.05, 4.69) is 10.3 Å². The fourth-order valence-electron chi connectivity index (χ4n) is 1.86. The summed E-state index contributed by atoms with van der Waals surface area (Å²) in [5, 5.41) is 4.84. The highest BCUT2D eigenvalue weighted by atomic mass is 32.1. The number of aromatic nitrogens is 1. The molecule has 0 saturated carbocycles. The van der Waals surface area contributed by atoms with Gasteiger partial charge in [0.15, 0.2) is 0 Å². The molecule has 0 aromatic carbocycles. The van der Waals surface area contributed by atoms with Crippen LogP contribution in [0.15, 0.2) is 21.9 Å². The van der Waals surface area contributed by atoms with Gasteiger partial charge in [0.1, 0.15) is 5.76 Å².